The van der Waals surface area contributed by atoms with Crippen LogP contribution in [-0.4, -0.2) is 29.4 Å². The smallest absolute Gasteiger partial charge is 0.248 e. The van der Waals surface area contributed by atoms with Crippen LogP contribution in [0.15, 0.2) is 24.4 Å². The Bertz CT molecular complexity index is 288. The van der Waals surface area contributed by atoms with E-state index >= 15 is 0 Å². The van der Waals surface area contributed by atoms with Gasteiger partial charge in [-0.05, 0) is 19.2 Å². The lowest BCUT2D eigenvalue weighted by molar-refractivity contribution is -0.122. The van der Waals surface area contributed by atoms with E-state index in [9.17, 15) is 4.79 Å². The van der Waals surface area contributed by atoms with Gasteiger partial charge in [0.25, 0.3) is 0 Å². The Morgan fingerprint density at radius 3 is 3.00 bits per heavy atom. The fourth-order valence-electron chi connectivity index (χ4n) is 1.11. The number of rotatable bonds is 4. The van der Waals surface area contributed by atoms with Gasteiger partial charge >= 0.3 is 0 Å². The van der Waals surface area contributed by atoms with E-state index < -0.39 is 0 Å². The first-order valence-electron chi connectivity index (χ1n) is 4.30. The average Bonchev–Trinajstić information content (AvgIpc) is 2.19. The highest BCUT2D eigenvalue weighted by atomic mass is 16.2. The summed E-state index contributed by atoms with van der Waals surface area (Å²) < 4.78 is 0. The minimum Gasteiger partial charge on any atom is -0.293 e. The normalized spacial score (nSPS) is 10.2. The molecule has 1 aromatic rings. The molecule has 0 radical (unpaired) electrons. The van der Waals surface area contributed by atoms with Crippen molar-refractivity contribution >= 4 is 5.91 Å². The first-order valence-corrected chi connectivity index (χ1v) is 4.30. The van der Waals surface area contributed by atoms with E-state index in [2.05, 4.69) is 10.4 Å². The van der Waals surface area contributed by atoms with Gasteiger partial charge in [0.15, 0.2) is 0 Å². The molecular weight excluding hydrogens is 180 g/mol. The van der Waals surface area contributed by atoms with Gasteiger partial charge in [-0.25, -0.2) is 5.84 Å². The van der Waals surface area contributed by atoms with Crippen LogP contribution in [0.2, 0.25) is 0 Å². The lowest BCUT2D eigenvalue weighted by Gasteiger charge is -2.14. The average molecular weight is 194 g/mol. The zero-order chi connectivity index (χ0) is 10.4. The van der Waals surface area contributed by atoms with Crippen molar-refractivity contribution in [3.63, 3.8) is 0 Å². The van der Waals surface area contributed by atoms with Gasteiger partial charge in [0.05, 0.1) is 12.2 Å². The molecule has 5 nitrogen and oxygen atoms in total. The lowest BCUT2D eigenvalue weighted by atomic mass is 10.3. The summed E-state index contributed by atoms with van der Waals surface area (Å²) in [5, 5.41) is 0. The van der Waals surface area contributed by atoms with Crippen LogP contribution in [0.25, 0.3) is 0 Å². The molecule has 0 bridgehead atoms. The van der Waals surface area contributed by atoms with Gasteiger partial charge in [-0.15, -0.1) is 0 Å². The Hall–Kier alpha value is -1.46. The second kappa shape index (κ2) is 5.31. The third kappa shape index (κ3) is 3.51. The fraction of sp³-hybridized carbons (Fsp3) is 0.333. The Balaban J connectivity index is 2.41. The number of hydrazine groups is 1. The number of carbonyl (C=O) groups is 1. The molecule has 0 atom stereocenters. The van der Waals surface area contributed by atoms with Gasteiger partial charge in [-0.1, -0.05) is 6.07 Å². The largest absolute Gasteiger partial charge is 0.293 e. The summed E-state index contributed by atoms with van der Waals surface area (Å²) >= 11 is 0. The van der Waals surface area contributed by atoms with Crippen LogP contribution in [-0.2, 0) is 11.3 Å². The highest BCUT2D eigenvalue weighted by molar-refractivity contribution is 5.77. The second-order valence-corrected chi connectivity index (χ2v) is 3.06. The van der Waals surface area contributed by atoms with Gasteiger partial charge in [0.2, 0.25) is 5.91 Å². The predicted octanol–water partition coefficient (Wildman–Crippen LogP) is -0.497. The highest BCUT2D eigenvalue weighted by Crippen LogP contribution is 1.97. The molecule has 0 aliphatic heterocycles. The number of nitrogens with two attached hydrogens (primary N) is 1. The van der Waals surface area contributed by atoms with Crippen LogP contribution < -0.4 is 11.3 Å². The number of nitrogens with zero attached hydrogens (tertiary/aromatic N) is 2. The van der Waals surface area contributed by atoms with Crippen molar-refractivity contribution < 1.29 is 4.79 Å². The van der Waals surface area contributed by atoms with Crippen LogP contribution in [0, 0.1) is 0 Å². The van der Waals surface area contributed by atoms with E-state index in [1.54, 1.807) is 6.20 Å². The standard InChI is InChI=1S/C9H14N4O/c1-13(7-9(14)12-10)6-8-4-2-3-5-11-8/h2-5H,6-7,10H2,1H3,(H,12,14). The number of aromatic nitrogens is 1. The molecule has 3 N–H and O–H groups in total. The molecule has 0 saturated heterocycles. The molecule has 0 spiro atoms. The molecule has 0 fully saturated rings. The molecule has 76 valence electrons. The first kappa shape index (κ1) is 10.6. The van der Waals surface area contributed by atoms with Crippen LogP contribution in [0.3, 0.4) is 0 Å². The summed E-state index contributed by atoms with van der Waals surface area (Å²) in [7, 11) is 1.84. The first-order chi connectivity index (χ1) is 6.72. The highest BCUT2D eigenvalue weighted by Gasteiger charge is 2.05. The molecule has 1 amide bonds. The molecule has 0 aliphatic carbocycles. The molecular formula is C9H14N4O. The summed E-state index contributed by atoms with van der Waals surface area (Å²) in [6, 6.07) is 5.69. The number of amides is 1. The number of nitrogens with one attached hydrogen (secondary N) is 1. The maximum Gasteiger partial charge on any atom is 0.248 e. The SMILES string of the molecule is CN(CC(=O)NN)Cc1ccccn1. The molecule has 0 aliphatic rings. The maximum absolute atomic E-state index is 10.9. The van der Waals surface area contributed by atoms with Crippen LogP contribution in [0.4, 0.5) is 0 Å². The maximum atomic E-state index is 10.9. The quantitative estimate of drug-likeness (QED) is 0.385. The predicted molar refractivity (Wildman–Crippen MR) is 52.9 cm³/mol. The summed E-state index contributed by atoms with van der Waals surface area (Å²) in [5.74, 6) is 4.77. The zero-order valence-corrected chi connectivity index (χ0v) is 8.10. The fourth-order valence-corrected chi connectivity index (χ4v) is 1.11. The Kier molecular flexibility index (Phi) is 4.03. The summed E-state index contributed by atoms with van der Waals surface area (Å²) in [6.07, 6.45) is 1.73. The summed E-state index contributed by atoms with van der Waals surface area (Å²) in [6.45, 7) is 0.904. The van der Waals surface area contributed by atoms with Crippen molar-refractivity contribution in [3.8, 4) is 0 Å². The molecule has 1 rings (SSSR count). The van der Waals surface area contributed by atoms with Crippen molar-refractivity contribution in [1.29, 1.82) is 0 Å². The van der Waals surface area contributed by atoms with E-state index in [0.29, 0.717) is 6.54 Å². The molecule has 1 heterocycles. The summed E-state index contributed by atoms with van der Waals surface area (Å²) in [5.41, 5.74) is 3.01. The third-order valence-corrected chi connectivity index (χ3v) is 1.73. The van der Waals surface area contributed by atoms with Gasteiger partial charge < -0.3 is 0 Å². The second-order valence-electron chi connectivity index (χ2n) is 3.06. The minimum atomic E-state index is -0.205. The number of hydrogen-bond acceptors (Lipinski definition) is 4. The molecule has 0 saturated carbocycles. The van der Waals surface area contributed by atoms with Gasteiger partial charge in [0, 0.05) is 12.7 Å². The van der Waals surface area contributed by atoms with E-state index in [1.807, 2.05) is 30.1 Å². The van der Waals surface area contributed by atoms with Crippen molar-refractivity contribution in [3.05, 3.63) is 30.1 Å². The van der Waals surface area contributed by atoms with Crippen LogP contribution in [0.5, 0.6) is 0 Å². The topological polar surface area (TPSA) is 71.2 Å². The van der Waals surface area contributed by atoms with Crippen LogP contribution >= 0.6 is 0 Å². The monoisotopic (exact) mass is 194 g/mol. The van der Waals surface area contributed by atoms with Gasteiger partial charge in [0.1, 0.15) is 0 Å². The Morgan fingerprint density at radius 2 is 2.43 bits per heavy atom. The molecule has 0 aromatic carbocycles. The van der Waals surface area contributed by atoms with Crippen LogP contribution in [0.1, 0.15) is 5.69 Å². The van der Waals surface area contributed by atoms with E-state index in [4.69, 9.17) is 5.84 Å². The van der Waals surface area contributed by atoms with Crippen molar-refractivity contribution in [2.45, 2.75) is 6.54 Å². The van der Waals surface area contributed by atoms with E-state index in [1.165, 1.54) is 0 Å². The van der Waals surface area contributed by atoms with E-state index in [-0.39, 0.29) is 12.5 Å². The van der Waals surface area contributed by atoms with E-state index in [0.717, 1.165) is 5.69 Å². The summed E-state index contributed by atoms with van der Waals surface area (Å²) in [4.78, 5) is 16.9. The van der Waals surface area contributed by atoms with Gasteiger partial charge in [-0.3, -0.25) is 20.1 Å². The molecule has 5 heteroatoms. The Morgan fingerprint density at radius 1 is 1.64 bits per heavy atom. The van der Waals surface area contributed by atoms with Gasteiger partial charge in [-0.2, -0.15) is 0 Å². The molecule has 0 unspecified atom stereocenters. The number of carbonyl (C=O) groups excluding carboxylic acids is 1. The number of pyridine rings is 1. The zero-order valence-electron chi connectivity index (χ0n) is 8.10. The molecule has 14 heavy (non-hydrogen) atoms. The number of likely N-dealkylation sites (N-methyl/N-ethyl adjacent to an activating group) is 1. The minimum absolute atomic E-state index is 0.205. The molecule has 1 aromatic heterocycles. The van der Waals surface area contributed by atoms with Crippen molar-refractivity contribution in [1.82, 2.24) is 15.3 Å². The van der Waals surface area contributed by atoms with Crippen molar-refractivity contribution in [2.75, 3.05) is 13.6 Å². The Labute approximate surface area is 82.9 Å². The lowest BCUT2D eigenvalue weighted by Crippen LogP contribution is -2.38. The third-order valence-electron chi connectivity index (χ3n) is 1.73. The van der Waals surface area contributed by atoms with Crippen molar-refractivity contribution in [2.24, 2.45) is 5.84 Å². The number of hydrogen-bond donors (Lipinski definition) is 2.